The minimum absolute atomic E-state index is 0.0178. The van der Waals surface area contributed by atoms with Crippen LogP contribution in [0.3, 0.4) is 0 Å². The summed E-state index contributed by atoms with van der Waals surface area (Å²) in [6, 6.07) is 3.45. The molecule has 0 bridgehead atoms. The van der Waals surface area contributed by atoms with E-state index in [0.717, 1.165) is 12.1 Å². The smallest absolute Gasteiger partial charge is 0.265 e. The SMILES string of the molecule is Nc1cc(C(F)F)ccc1NCC(O)C(F)F. The highest BCUT2D eigenvalue weighted by Crippen LogP contribution is 2.26. The van der Waals surface area contributed by atoms with Gasteiger partial charge < -0.3 is 16.2 Å². The van der Waals surface area contributed by atoms with E-state index in [0.29, 0.717) is 0 Å². The highest BCUT2D eigenvalue weighted by molar-refractivity contribution is 5.67. The number of nitrogen functional groups attached to an aromatic ring is 1. The third-order valence-corrected chi connectivity index (χ3v) is 2.12. The molecule has 1 aromatic rings. The molecule has 3 nitrogen and oxygen atoms in total. The predicted octanol–water partition coefficient (Wildman–Crippen LogP) is 2.24. The summed E-state index contributed by atoms with van der Waals surface area (Å²) in [6.07, 6.45) is -7.34. The van der Waals surface area contributed by atoms with Crippen LogP contribution in [0.1, 0.15) is 12.0 Å². The first-order valence-corrected chi connectivity index (χ1v) is 4.79. The average molecular weight is 252 g/mol. The van der Waals surface area contributed by atoms with Gasteiger partial charge in [0.1, 0.15) is 6.10 Å². The summed E-state index contributed by atoms with van der Waals surface area (Å²) in [7, 11) is 0. The van der Waals surface area contributed by atoms with Crippen molar-refractivity contribution in [1.82, 2.24) is 0 Å². The normalized spacial score (nSPS) is 13.1. The van der Waals surface area contributed by atoms with Crippen molar-refractivity contribution in [1.29, 1.82) is 0 Å². The van der Waals surface area contributed by atoms with Gasteiger partial charge in [0.05, 0.1) is 11.4 Å². The molecule has 1 atom stereocenters. The number of alkyl halides is 4. The summed E-state index contributed by atoms with van der Waals surface area (Å²) < 4.78 is 48.5. The standard InChI is InChI=1S/C10H12F4N2O/c11-9(12)5-1-2-7(6(15)3-5)16-4-8(17)10(13)14/h1-3,8-10,16-17H,4,15H2. The number of anilines is 2. The number of nitrogens with one attached hydrogen (secondary N) is 1. The molecule has 0 fully saturated rings. The topological polar surface area (TPSA) is 58.3 Å². The molecule has 96 valence electrons. The predicted molar refractivity (Wildman–Crippen MR) is 56.3 cm³/mol. The van der Waals surface area contributed by atoms with E-state index in [4.69, 9.17) is 10.8 Å². The first-order valence-electron chi connectivity index (χ1n) is 4.79. The highest BCUT2D eigenvalue weighted by Gasteiger charge is 2.16. The Bertz CT molecular complexity index is 373. The number of aliphatic hydroxyl groups excluding tert-OH is 1. The zero-order chi connectivity index (χ0) is 13.0. The number of nitrogens with two attached hydrogens (primary N) is 1. The lowest BCUT2D eigenvalue weighted by atomic mass is 10.1. The molecule has 7 heteroatoms. The molecule has 4 N–H and O–H groups in total. The molecule has 0 aliphatic rings. The summed E-state index contributed by atoms with van der Waals surface area (Å²) >= 11 is 0. The van der Waals surface area contributed by atoms with Gasteiger partial charge in [-0.2, -0.15) is 0 Å². The fourth-order valence-electron chi connectivity index (χ4n) is 1.18. The van der Waals surface area contributed by atoms with Gasteiger partial charge in [0.15, 0.2) is 0 Å². The van der Waals surface area contributed by atoms with Crippen LogP contribution in [0.15, 0.2) is 18.2 Å². The maximum atomic E-state index is 12.3. The zero-order valence-electron chi connectivity index (χ0n) is 8.71. The first kappa shape index (κ1) is 13.6. The second-order valence-corrected chi connectivity index (χ2v) is 3.43. The number of aliphatic hydroxyl groups is 1. The number of hydrogen-bond donors (Lipinski definition) is 3. The van der Waals surface area contributed by atoms with Gasteiger partial charge in [0, 0.05) is 12.1 Å². The fourth-order valence-corrected chi connectivity index (χ4v) is 1.18. The Hall–Kier alpha value is -1.50. The molecule has 0 saturated heterocycles. The van der Waals surface area contributed by atoms with E-state index in [-0.39, 0.29) is 16.9 Å². The van der Waals surface area contributed by atoms with Gasteiger partial charge >= 0.3 is 0 Å². The molecule has 0 spiro atoms. The zero-order valence-corrected chi connectivity index (χ0v) is 8.71. The van der Waals surface area contributed by atoms with E-state index in [9.17, 15) is 17.6 Å². The molecule has 1 rings (SSSR count). The van der Waals surface area contributed by atoms with Gasteiger partial charge in [-0.05, 0) is 12.1 Å². The van der Waals surface area contributed by atoms with E-state index < -0.39 is 25.5 Å². The number of hydrogen-bond acceptors (Lipinski definition) is 3. The Balaban J connectivity index is 2.67. The summed E-state index contributed by atoms with van der Waals surface area (Å²) in [6.45, 7) is -0.407. The van der Waals surface area contributed by atoms with Crippen LogP contribution in [0.25, 0.3) is 0 Å². The fraction of sp³-hybridized carbons (Fsp3) is 0.400. The van der Waals surface area contributed by atoms with E-state index in [2.05, 4.69) is 5.32 Å². The van der Waals surface area contributed by atoms with Crippen molar-refractivity contribution in [3.8, 4) is 0 Å². The maximum Gasteiger partial charge on any atom is 0.265 e. The maximum absolute atomic E-state index is 12.3. The van der Waals surface area contributed by atoms with E-state index in [1.165, 1.54) is 6.07 Å². The summed E-state index contributed by atoms with van der Waals surface area (Å²) in [4.78, 5) is 0. The van der Waals surface area contributed by atoms with Crippen molar-refractivity contribution in [3.05, 3.63) is 23.8 Å². The van der Waals surface area contributed by atoms with Gasteiger partial charge in [-0.1, -0.05) is 6.07 Å². The monoisotopic (exact) mass is 252 g/mol. The molecule has 0 saturated carbocycles. The molecular formula is C10H12F4N2O. The molecule has 0 heterocycles. The molecule has 0 amide bonds. The van der Waals surface area contributed by atoms with Gasteiger partial charge in [0.25, 0.3) is 12.9 Å². The van der Waals surface area contributed by atoms with Crippen LogP contribution in [-0.4, -0.2) is 24.2 Å². The summed E-state index contributed by atoms with van der Waals surface area (Å²) in [5.74, 6) is 0. The molecule has 17 heavy (non-hydrogen) atoms. The van der Waals surface area contributed by atoms with E-state index in [1.807, 2.05) is 0 Å². The van der Waals surface area contributed by atoms with Crippen molar-refractivity contribution in [2.24, 2.45) is 0 Å². The quantitative estimate of drug-likeness (QED) is 0.556. The Morgan fingerprint density at radius 3 is 2.35 bits per heavy atom. The lowest BCUT2D eigenvalue weighted by Crippen LogP contribution is -2.27. The van der Waals surface area contributed by atoms with Crippen LogP contribution in [0, 0.1) is 0 Å². The van der Waals surface area contributed by atoms with Gasteiger partial charge in [-0.25, -0.2) is 17.6 Å². The molecule has 0 aliphatic carbocycles. The molecule has 1 aromatic carbocycles. The molecule has 1 unspecified atom stereocenters. The third-order valence-electron chi connectivity index (χ3n) is 2.12. The van der Waals surface area contributed by atoms with Crippen molar-refractivity contribution in [2.45, 2.75) is 19.0 Å². The highest BCUT2D eigenvalue weighted by atomic mass is 19.3. The van der Waals surface area contributed by atoms with Gasteiger partial charge in [0.2, 0.25) is 0 Å². The van der Waals surface area contributed by atoms with Gasteiger partial charge in [-0.15, -0.1) is 0 Å². The average Bonchev–Trinajstić information content (AvgIpc) is 2.26. The molecule has 0 aliphatic heterocycles. The Morgan fingerprint density at radius 1 is 1.24 bits per heavy atom. The van der Waals surface area contributed by atoms with Crippen molar-refractivity contribution >= 4 is 11.4 Å². The largest absolute Gasteiger partial charge is 0.397 e. The van der Waals surface area contributed by atoms with Crippen molar-refractivity contribution in [3.63, 3.8) is 0 Å². The van der Waals surface area contributed by atoms with Crippen LogP contribution >= 0.6 is 0 Å². The Labute approximate surface area is 95.2 Å². The summed E-state index contributed by atoms with van der Waals surface area (Å²) in [5.41, 5.74) is 5.46. The number of halogens is 4. The molecule has 0 radical (unpaired) electrons. The van der Waals surface area contributed by atoms with Crippen molar-refractivity contribution in [2.75, 3.05) is 17.6 Å². The minimum atomic E-state index is -2.87. The lowest BCUT2D eigenvalue weighted by molar-refractivity contribution is 0.00385. The minimum Gasteiger partial charge on any atom is -0.397 e. The number of rotatable bonds is 5. The van der Waals surface area contributed by atoms with Crippen LogP contribution in [-0.2, 0) is 0 Å². The Kier molecular flexibility index (Phi) is 4.56. The first-order chi connectivity index (χ1) is 7.91. The van der Waals surface area contributed by atoms with Crippen molar-refractivity contribution < 1.29 is 22.7 Å². The van der Waals surface area contributed by atoms with Crippen LogP contribution in [0.5, 0.6) is 0 Å². The van der Waals surface area contributed by atoms with Crippen LogP contribution < -0.4 is 11.1 Å². The third kappa shape index (κ3) is 3.77. The lowest BCUT2D eigenvalue weighted by Gasteiger charge is -2.14. The molecule has 0 aromatic heterocycles. The summed E-state index contributed by atoms with van der Waals surface area (Å²) in [5, 5.41) is 11.3. The number of benzene rings is 1. The van der Waals surface area contributed by atoms with E-state index in [1.54, 1.807) is 0 Å². The second kappa shape index (κ2) is 5.72. The van der Waals surface area contributed by atoms with Gasteiger partial charge in [-0.3, -0.25) is 0 Å². The van der Waals surface area contributed by atoms with Crippen LogP contribution in [0.2, 0.25) is 0 Å². The van der Waals surface area contributed by atoms with E-state index >= 15 is 0 Å². The molecular weight excluding hydrogens is 240 g/mol. The van der Waals surface area contributed by atoms with Crippen LogP contribution in [0.4, 0.5) is 28.9 Å². The second-order valence-electron chi connectivity index (χ2n) is 3.43. The Morgan fingerprint density at radius 2 is 1.88 bits per heavy atom.